The van der Waals surface area contributed by atoms with Crippen molar-refractivity contribution in [2.24, 2.45) is 0 Å². The van der Waals surface area contributed by atoms with Gasteiger partial charge in [0.2, 0.25) is 0 Å². The first-order valence-corrected chi connectivity index (χ1v) is 38.4. The summed E-state index contributed by atoms with van der Waals surface area (Å²) in [6.45, 7) is -0.288. The average molecular weight is 1380 g/mol. The predicted octanol–water partition coefficient (Wildman–Crippen LogP) is 23.6. The molecule has 0 saturated heterocycles. The molecule has 4 heteroatoms. The van der Waals surface area contributed by atoms with Gasteiger partial charge in [-0.05, 0) is 187 Å². The maximum atomic E-state index is 2.86. The van der Waals surface area contributed by atoms with E-state index in [0.717, 1.165) is 45.2 Å². The zero-order chi connectivity index (χ0) is 70.7. The van der Waals surface area contributed by atoms with Crippen molar-refractivity contribution in [2.75, 3.05) is 9.80 Å². The molecule has 0 amide bonds. The van der Waals surface area contributed by atoms with Gasteiger partial charge >= 0.3 is 0 Å². The highest BCUT2D eigenvalue weighted by atomic mass is 15.2. The first-order chi connectivity index (χ1) is 54.1. The fourth-order valence-electron chi connectivity index (χ4n) is 22.9. The number of aromatic nitrogens is 1. The summed E-state index contributed by atoms with van der Waals surface area (Å²) in [5.74, 6) is 0. The van der Waals surface area contributed by atoms with E-state index in [9.17, 15) is 0 Å². The molecular formula is C105H62BN3. The Morgan fingerprint density at radius 1 is 0.220 bits per heavy atom. The third-order valence-corrected chi connectivity index (χ3v) is 26.6. The highest BCUT2D eigenvalue weighted by Gasteiger charge is 2.59. The van der Waals surface area contributed by atoms with Crippen LogP contribution in [-0.2, 0) is 16.2 Å². The molecule has 109 heavy (non-hydrogen) atoms. The Bertz CT molecular complexity index is 6960. The molecule has 0 saturated carbocycles. The molecule has 0 bridgehead atoms. The Balaban J connectivity index is 0.861. The Kier molecular flexibility index (Phi) is 11.2. The van der Waals surface area contributed by atoms with Crippen LogP contribution in [0.2, 0.25) is 0 Å². The molecule has 26 rings (SSSR count). The molecule has 3 nitrogen and oxygen atoms in total. The third kappa shape index (κ3) is 6.88. The second-order valence-electron chi connectivity index (χ2n) is 31.0. The first kappa shape index (κ1) is 58.5. The normalized spacial score (nSPS) is 15.0. The Labute approximate surface area is 631 Å². The minimum atomic E-state index is -0.741. The summed E-state index contributed by atoms with van der Waals surface area (Å²) < 4.78 is 2.59. The van der Waals surface area contributed by atoms with Crippen LogP contribution >= 0.6 is 0 Å². The lowest BCUT2D eigenvalue weighted by molar-refractivity contribution is 0.791. The Hall–Kier alpha value is -13.8. The van der Waals surface area contributed by atoms with Crippen LogP contribution in [-0.4, -0.2) is 11.3 Å². The summed E-state index contributed by atoms with van der Waals surface area (Å²) in [5.41, 5.74) is 45.6. The van der Waals surface area contributed by atoms with Crippen molar-refractivity contribution < 1.29 is 0 Å². The van der Waals surface area contributed by atoms with Gasteiger partial charge in [-0.2, -0.15) is 0 Å². The largest absolute Gasteiger partial charge is 0.311 e. The van der Waals surface area contributed by atoms with Gasteiger partial charge in [0.25, 0.3) is 6.71 Å². The molecule has 18 aromatic rings. The number of benzene rings is 17. The van der Waals surface area contributed by atoms with Crippen LogP contribution in [0.4, 0.5) is 34.1 Å². The average Bonchev–Trinajstić information content (AvgIpc) is 1.54. The highest BCUT2D eigenvalue weighted by Crippen LogP contribution is 2.70. The quantitative estimate of drug-likeness (QED) is 0.163. The fraction of sp³-hybridized carbons (Fsp3) is 0.0286. The van der Waals surface area contributed by atoms with Crippen molar-refractivity contribution in [1.82, 2.24) is 4.57 Å². The van der Waals surface area contributed by atoms with Crippen molar-refractivity contribution >= 4 is 79.0 Å². The van der Waals surface area contributed by atoms with Gasteiger partial charge in [0, 0.05) is 50.2 Å². The number of anilines is 6. The van der Waals surface area contributed by atoms with Crippen molar-refractivity contribution in [2.45, 2.75) is 16.2 Å². The van der Waals surface area contributed by atoms with Crippen LogP contribution < -0.4 is 26.2 Å². The number of fused-ring (bicyclic) bond motifs is 38. The van der Waals surface area contributed by atoms with E-state index in [0.29, 0.717) is 0 Å². The molecule has 3 spiro atoms. The number of rotatable bonds is 4. The van der Waals surface area contributed by atoms with E-state index in [-0.39, 0.29) is 6.71 Å². The molecule has 2 aliphatic heterocycles. The summed E-state index contributed by atoms with van der Waals surface area (Å²) in [7, 11) is 0. The maximum Gasteiger partial charge on any atom is 0.252 e. The lowest BCUT2D eigenvalue weighted by Crippen LogP contribution is -2.62. The molecule has 500 valence electrons. The number of para-hydroxylation sites is 2. The van der Waals surface area contributed by atoms with Crippen molar-refractivity contribution in [1.29, 1.82) is 0 Å². The third-order valence-electron chi connectivity index (χ3n) is 26.6. The minimum absolute atomic E-state index is 0.288. The monoisotopic (exact) mass is 1380 g/mol. The summed E-state index contributed by atoms with van der Waals surface area (Å²) in [6.07, 6.45) is 0. The van der Waals surface area contributed by atoms with Gasteiger partial charge in [-0.25, -0.2) is 0 Å². The zero-order valence-corrected chi connectivity index (χ0v) is 59.2. The van der Waals surface area contributed by atoms with Gasteiger partial charge in [0.1, 0.15) is 0 Å². The number of hydrogen-bond donors (Lipinski definition) is 0. The molecule has 3 heterocycles. The lowest BCUT2D eigenvalue weighted by atomic mass is 9.33. The summed E-state index contributed by atoms with van der Waals surface area (Å²) in [5, 5.41) is 2.44. The van der Waals surface area contributed by atoms with E-state index < -0.39 is 16.2 Å². The minimum Gasteiger partial charge on any atom is -0.311 e. The molecule has 1 aromatic heterocycles. The van der Waals surface area contributed by atoms with E-state index in [1.54, 1.807) is 0 Å². The van der Waals surface area contributed by atoms with E-state index in [1.807, 2.05) is 0 Å². The fourth-order valence-corrected chi connectivity index (χ4v) is 22.9. The summed E-state index contributed by atoms with van der Waals surface area (Å²) >= 11 is 0. The number of nitrogens with zero attached hydrogens (tertiary/aromatic N) is 3. The topological polar surface area (TPSA) is 11.4 Å². The maximum absolute atomic E-state index is 2.86. The lowest BCUT2D eigenvalue weighted by Gasteiger charge is -2.47. The van der Waals surface area contributed by atoms with Crippen molar-refractivity contribution in [3.8, 4) is 83.6 Å². The summed E-state index contributed by atoms with van der Waals surface area (Å²) in [4.78, 5) is 5.59. The smallest absolute Gasteiger partial charge is 0.252 e. The van der Waals surface area contributed by atoms with Gasteiger partial charge in [-0.15, -0.1) is 0 Å². The molecule has 0 fully saturated rings. The summed E-state index contributed by atoms with van der Waals surface area (Å²) in [6, 6.07) is 146. The van der Waals surface area contributed by atoms with Gasteiger partial charge in [-0.1, -0.05) is 334 Å². The van der Waals surface area contributed by atoms with Gasteiger partial charge in [0.15, 0.2) is 0 Å². The molecule has 17 aromatic carbocycles. The van der Waals surface area contributed by atoms with Crippen molar-refractivity contribution in [3.63, 3.8) is 0 Å². The number of hydrogen-bond acceptors (Lipinski definition) is 2. The van der Waals surface area contributed by atoms with Gasteiger partial charge in [0.05, 0.1) is 44.3 Å². The predicted molar refractivity (Wildman–Crippen MR) is 449 cm³/mol. The van der Waals surface area contributed by atoms with Gasteiger partial charge < -0.3 is 14.4 Å². The highest BCUT2D eigenvalue weighted by molar-refractivity contribution is 7.00. The first-order valence-electron chi connectivity index (χ1n) is 38.4. The SMILES string of the molecule is c1ccc(-c2ccc3c(c2)B2c4ccc5c(c4N(c4cccc6c4-c4ccccc4C64c6ccccc6-c6ccccc64)c4cc(-n6c7ccccc7c7ccccc76)cc(c42)N3c2cccc3c2-c2ccccc2C32c3ccccc3-c3ccccc32)C2(c3ccccc3-c3ccccc32)c2ccccc2-5)cc1. The van der Waals surface area contributed by atoms with Crippen LogP contribution in [0.15, 0.2) is 376 Å². The molecule has 0 radical (unpaired) electrons. The van der Waals surface area contributed by atoms with E-state index >= 15 is 0 Å². The standard InChI is InChI=1S/C105H62BN3/c1-2-28-63(29-3-1)64-56-59-93-90(60-64)106-89-58-57-75-72-36-10-21-47-84(72)105(82-45-19-8-34-70(82)71-35-9-20-46-83(71)105)100(75)102(89)109(95-55-27-51-88-99(95)77-40-12-23-49-86(77)104(88)80-43-17-6-32-68(80)69-33-7-18-44-81(69)104)97-62-65(107-91-52-24-13-37-73(91)74-38-14-25-53-92(74)107)61-96(101(97)106)108(93)94-54-26-50-87-98(94)76-39-11-22-48-85(76)103(87)78-41-15-4-30-66(78)67-31-5-16-42-79(67)103/h1-62H. The molecule has 8 aliphatic rings. The molecular weight excluding hydrogens is 1310 g/mol. The van der Waals surface area contributed by atoms with Crippen LogP contribution in [0.3, 0.4) is 0 Å². The van der Waals surface area contributed by atoms with Crippen LogP contribution in [0, 0.1) is 0 Å². The Morgan fingerprint density at radius 2 is 0.587 bits per heavy atom. The second kappa shape index (κ2) is 20.8. The van der Waals surface area contributed by atoms with E-state index in [1.165, 1.54) is 177 Å². The van der Waals surface area contributed by atoms with Crippen LogP contribution in [0.25, 0.3) is 105 Å². The van der Waals surface area contributed by atoms with Crippen LogP contribution in [0.1, 0.15) is 66.8 Å². The molecule has 6 aliphatic carbocycles. The van der Waals surface area contributed by atoms with Crippen LogP contribution in [0.5, 0.6) is 0 Å². The Morgan fingerprint density at radius 3 is 1.06 bits per heavy atom. The molecule has 0 atom stereocenters. The van der Waals surface area contributed by atoms with Gasteiger partial charge in [-0.3, -0.25) is 0 Å². The van der Waals surface area contributed by atoms with Crippen molar-refractivity contribution in [3.05, 3.63) is 443 Å². The van der Waals surface area contributed by atoms with E-state index in [2.05, 4.69) is 390 Å². The zero-order valence-electron chi connectivity index (χ0n) is 59.2. The molecule has 0 unspecified atom stereocenters. The van der Waals surface area contributed by atoms with E-state index in [4.69, 9.17) is 0 Å². The second-order valence-corrected chi connectivity index (χ2v) is 31.0. The molecule has 0 N–H and O–H groups in total.